The van der Waals surface area contributed by atoms with Gasteiger partial charge < -0.3 is 0 Å². The number of hydrogen-bond donors (Lipinski definition) is 0. The Morgan fingerprint density at radius 1 is 1.22 bits per heavy atom. The summed E-state index contributed by atoms with van der Waals surface area (Å²) in [6.45, 7) is 2.61. The lowest BCUT2D eigenvalue weighted by Crippen LogP contribution is -2.35. The predicted octanol–water partition coefficient (Wildman–Crippen LogP) is 2.33. The third-order valence-corrected chi connectivity index (χ3v) is 5.85. The summed E-state index contributed by atoms with van der Waals surface area (Å²) in [5.74, 6) is 0.491. The Hall–Kier alpha value is -1.13. The lowest BCUT2D eigenvalue weighted by atomic mass is 10.0. The molecule has 18 heavy (non-hydrogen) atoms. The number of fused-ring (bicyclic) bond motifs is 1. The Labute approximate surface area is 108 Å². The molecule has 3 nitrogen and oxygen atoms in total. The van der Waals surface area contributed by atoms with Gasteiger partial charge in [0.1, 0.15) is 0 Å². The smallest absolute Gasteiger partial charge is 0.207 e. The van der Waals surface area contributed by atoms with Crippen LogP contribution >= 0.6 is 0 Å². The summed E-state index contributed by atoms with van der Waals surface area (Å²) < 4.78 is 26.8. The van der Waals surface area contributed by atoms with Crippen LogP contribution in [0.1, 0.15) is 18.4 Å². The molecule has 1 aliphatic heterocycles. The van der Waals surface area contributed by atoms with Gasteiger partial charge in [0.25, 0.3) is 0 Å². The number of aryl methyl sites for hydroxylation is 1. The third-order valence-electron chi connectivity index (χ3n) is 3.94. The molecule has 0 bridgehead atoms. The first-order valence-electron chi connectivity index (χ1n) is 6.34. The number of allylic oxidation sites excluding steroid dienone is 1. The van der Waals surface area contributed by atoms with Gasteiger partial charge in [-0.15, -0.1) is 0 Å². The fourth-order valence-electron chi connectivity index (χ4n) is 2.88. The van der Waals surface area contributed by atoms with Crippen molar-refractivity contribution in [2.75, 3.05) is 6.54 Å². The molecule has 0 N–H and O–H groups in total. The Morgan fingerprint density at radius 3 is 2.67 bits per heavy atom. The van der Waals surface area contributed by atoms with Crippen molar-refractivity contribution in [2.45, 2.75) is 30.7 Å². The van der Waals surface area contributed by atoms with E-state index in [1.165, 1.54) is 0 Å². The maximum Gasteiger partial charge on any atom is 0.243 e. The summed E-state index contributed by atoms with van der Waals surface area (Å²) in [6.07, 6.45) is 6.14. The van der Waals surface area contributed by atoms with Crippen molar-refractivity contribution in [3.63, 3.8) is 0 Å². The summed E-state index contributed by atoms with van der Waals surface area (Å²) in [7, 11) is -3.33. The fourth-order valence-corrected chi connectivity index (χ4v) is 4.54. The average molecular weight is 263 g/mol. The molecule has 1 aromatic carbocycles. The van der Waals surface area contributed by atoms with Gasteiger partial charge in [-0.05, 0) is 37.8 Å². The molecule has 1 aliphatic carbocycles. The highest BCUT2D eigenvalue weighted by Crippen LogP contribution is 2.36. The number of nitrogens with zero attached hydrogens (tertiary/aromatic N) is 1. The second-order valence-electron chi connectivity index (χ2n) is 5.13. The normalized spacial score (nSPS) is 27.6. The Balaban J connectivity index is 1.95. The summed E-state index contributed by atoms with van der Waals surface area (Å²) in [4.78, 5) is 0.411. The fraction of sp³-hybridized carbons (Fsp3) is 0.429. The predicted molar refractivity (Wildman–Crippen MR) is 70.7 cm³/mol. The molecule has 96 valence electrons. The van der Waals surface area contributed by atoms with Crippen molar-refractivity contribution in [2.24, 2.45) is 5.92 Å². The number of benzene rings is 1. The van der Waals surface area contributed by atoms with Crippen LogP contribution in [0.15, 0.2) is 41.3 Å². The summed E-state index contributed by atoms with van der Waals surface area (Å²) in [5, 5.41) is 0. The SMILES string of the molecule is Cc1ccc(S(=O)(=O)N2CC[C@H]3CC=C[C@H]32)cc1. The topological polar surface area (TPSA) is 37.4 Å². The number of sulfonamides is 1. The largest absolute Gasteiger partial charge is 0.243 e. The molecule has 0 unspecified atom stereocenters. The lowest BCUT2D eigenvalue weighted by molar-refractivity contribution is 0.405. The molecule has 2 aliphatic rings. The first-order valence-corrected chi connectivity index (χ1v) is 7.78. The van der Waals surface area contributed by atoms with E-state index in [9.17, 15) is 8.42 Å². The third kappa shape index (κ3) is 1.80. The van der Waals surface area contributed by atoms with E-state index < -0.39 is 10.0 Å². The van der Waals surface area contributed by atoms with Gasteiger partial charge in [0.15, 0.2) is 0 Å². The minimum atomic E-state index is -3.33. The number of hydrogen-bond acceptors (Lipinski definition) is 2. The zero-order valence-corrected chi connectivity index (χ0v) is 11.2. The van der Waals surface area contributed by atoms with Gasteiger partial charge in [-0.25, -0.2) is 8.42 Å². The molecule has 0 saturated carbocycles. The molecule has 0 radical (unpaired) electrons. The van der Waals surface area contributed by atoms with Gasteiger partial charge >= 0.3 is 0 Å². The molecule has 0 spiro atoms. The van der Waals surface area contributed by atoms with E-state index in [0.717, 1.165) is 18.4 Å². The molecule has 4 heteroatoms. The van der Waals surface area contributed by atoms with Gasteiger partial charge in [0.2, 0.25) is 10.0 Å². The quantitative estimate of drug-likeness (QED) is 0.768. The monoisotopic (exact) mass is 263 g/mol. The highest BCUT2D eigenvalue weighted by atomic mass is 32.2. The second kappa shape index (κ2) is 4.21. The van der Waals surface area contributed by atoms with Crippen molar-refractivity contribution in [1.82, 2.24) is 4.31 Å². The van der Waals surface area contributed by atoms with Crippen LogP contribution in [0.25, 0.3) is 0 Å². The first kappa shape index (κ1) is 11.9. The molecular weight excluding hydrogens is 246 g/mol. The molecule has 0 aromatic heterocycles. The Kier molecular flexibility index (Phi) is 2.79. The van der Waals surface area contributed by atoms with Crippen LogP contribution in [-0.4, -0.2) is 25.3 Å². The van der Waals surface area contributed by atoms with E-state index in [1.807, 2.05) is 25.1 Å². The molecule has 1 fully saturated rings. The summed E-state index contributed by atoms with van der Waals surface area (Å²) >= 11 is 0. The standard InChI is InChI=1S/C14H17NO2S/c1-11-5-7-13(8-6-11)18(16,17)15-10-9-12-3-2-4-14(12)15/h2,4-8,12,14H,3,9-10H2,1H3/t12-,14-/m1/s1. The maximum atomic E-state index is 12.6. The lowest BCUT2D eigenvalue weighted by Gasteiger charge is -2.22. The molecule has 1 saturated heterocycles. The molecular formula is C14H17NO2S. The molecule has 0 amide bonds. The van der Waals surface area contributed by atoms with Crippen LogP contribution in [0.3, 0.4) is 0 Å². The van der Waals surface area contributed by atoms with Crippen molar-refractivity contribution < 1.29 is 8.42 Å². The Morgan fingerprint density at radius 2 is 1.94 bits per heavy atom. The van der Waals surface area contributed by atoms with Gasteiger partial charge in [0, 0.05) is 12.6 Å². The highest BCUT2D eigenvalue weighted by Gasteiger charge is 2.41. The van der Waals surface area contributed by atoms with Crippen LogP contribution in [0.4, 0.5) is 0 Å². The van der Waals surface area contributed by atoms with E-state index in [4.69, 9.17) is 0 Å². The minimum Gasteiger partial charge on any atom is -0.207 e. The van der Waals surface area contributed by atoms with Gasteiger partial charge in [-0.1, -0.05) is 29.8 Å². The molecule has 3 rings (SSSR count). The first-order chi connectivity index (χ1) is 8.59. The highest BCUT2D eigenvalue weighted by molar-refractivity contribution is 7.89. The van der Waals surface area contributed by atoms with E-state index in [1.54, 1.807) is 16.4 Å². The van der Waals surface area contributed by atoms with Crippen LogP contribution < -0.4 is 0 Å². The second-order valence-corrected chi connectivity index (χ2v) is 7.02. The van der Waals surface area contributed by atoms with Gasteiger partial charge in [-0.2, -0.15) is 4.31 Å². The van der Waals surface area contributed by atoms with Crippen molar-refractivity contribution in [3.05, 3.63) is 42.0 Å². The van der Waals surface area contributed by atoms with Crippen LogP contribution in [0, 0.1) is 12.8 Å². The molecule has 1 aromatic rings. The van der Waals surface area contributed by atoms with Crippen molar-refractivity contribution in [3.8, 4) is 0 Å². The van der Waals surface area contributed by atoms with Crippen LogP contribution in [0.2, 0.25) is 0 Å². The minimum absolute atomic E-state index is 0.0799. The summed E-state index contributed by atoms with van der Waals surface area (Å²) in [6, 6.07) is 7.19. The van der Waals surface area contributed by atoms with E-state index in [2.05, 4.69) is 6.08 Å². The van der Waals surface area contributed by atoms with Gasteiger partial charge in [0.05, 0.1) is 4.90 Å². The van der Waals surface area contributed by atoms with Gasteiger partial charge in [-0.3, -0.25) is 0 Å². The van der Waals surface area contributed by atoms with E-state index in [-0.39, 0.29) is 6.04 Å². The molecule has 2 atom stereocenters. The van der Waals surface area contributed by atoms with Crippen molar-refractivity contribution >= 4 is 10.0 Å². The summed E-state index contributed by atoms with van der Waals surface area (Å²) in [5.41, 5.74) is 1.08. The zero-order chi connectivity index (χ0) is 12.8. The average Bonchev–Trinajstić information content (AvgIpc) is 2.90. The zero-order valence-electron chi connectivity index (χ0n) is 10.4. The van der Waals surface area contributed by atoms with Crippen molar-refractivity contribution in [1.29, 1.82) is 0 Å². The maximum absolute atomic E-state index is 12.6. The molecule has 1 heterocycles. The Bertz CT molecular complexity index is 574. The van der Waals surface area contributed by atoms with Crippen LogP contribution in [0.5, 0.6) is 0 Å². The van der Waals surface area contributed by atoms with E-state index >= 15 is 0 Å². The van der Waals surface area contributed by atoms with Crippen LogP contribution in [-0.2, 0) is 10.0 Å². The van der Waals surface area contributed by atoms with E-state index in [0.29, 0.717) is 17.4 Å². The number of rotatable bonds is 2.